The molecule has 0 spiro atoms. The number of aryl methyl sites for hydroxylation is 1. The van der Waals surface area contributed by atoms with Crippen LogP contribution < -0.4 is 0 Å². The largest absolute Gasteiger partial charge is 0.209 e. The van der Waals surface area contributed by atoms with Gasteiger partial charge in [-0.25, -0.2) is 8.78 Å². The van der Waals surface area contributed by atoms with Gasteiger partial charge in [0.15, 0.2) is 5.83 Å². The predicted molar refractivity (Wildman–Crippen MR) is 141 cm³/mol. The van der Waals surface area contributed by atoms with Crippen LogP contribution in [0, 0.1) is 0 Å². The predicted octanol–water partition coefficient (Wildman–Crippen LogP) is 11.0. The second-order valence-corrected chi connectivity index (χ2v) is 9.38. The van der Waals surface area contributed by atoms with E-state index >= 15 is 0 Å². The van der Waals surface area contributed by atoms with Gasteiger partial charge in [-0.3, -0.25) is 0 Å². The Morgan fingerprint density at radius 2 is 1.00 bits per heavy atom. The molecule has 2 rings (SSSR count). The van der Waals surface area contributed by atoms with Gasteiger partial charge in [0.25, 0.3) is 0 Å². The lowest BCUT2D eigenvalue weighted by atomic mass is 9.99. The lowest BCUT2D eigenvalue weighted by Gasteiger charge is -2.07. The zero-order chi connectivity index (χ0) is 23.7. The summed E-state index contributed by atoms with van der Waals surface area (Å²) in [5, 5.41) is 0. The van der Waals surface area contributed by atoms with Crippen molar-refractivity contribution in [3.63, 3.8) is 0 Å². The van der Waals surface area contributed by atoms with Crippen LogP contribution in [0.5, 0.6) is 0 Å². The maximum atomic E-state index is 14.4. The summed E-state index contributed by atoms with van der Waals surface area (Å²) in [6.07, 6.45) is 17.1. The molecule has 0 aliphatic heterocycles. The Bertz CT molecular complexity index is 787. The molecule has 0 saturated carbocycles. The maximum absolute atomic E-state index is 14.4. The molecule has 0 aliphatic carbocycles. The molecule has 0 aromatic heterocycles. The Morgan fingerprint density at radius 1 is 0.545 bits per heavy atom. The Kier molecular flexibility index (Phi) is 13.7. The third-order valence-electron chi connectivity index (χ3n) is 6.48. The number of halogens is 2. The van der Waals surface area contributed by atoms with E-state index in [9.17, 15) is 8.78 Å². The van der Waals surface area contributed by atoms with Gasteiger partial charge in [0.1, 0.15) is 5.83 Å². The van der Waals surface area contributed by atoms with E-state index in [2.05, 4.69) is 38.1 Å². The minimum absolute atomic E-state index is 0.192. The highest BCUT2D eigenvalue weighted by Gasteiger charge is 2.09. The zero-order valence-electron chi connectivity index (χ0n) is 21.0. The molecule has 0 heterocycles. The summed E-state index contributed by atoms with van der Waals surface area (Å²) in [5.41, 5.74) is 3.85. The Balaban J connectivity index is 1.78. The average molecular weight is 455 g/mol. The molecule has 33 heavy (non-hydrogen) atoms. The van der Waals surface area contributed by atoms with Gasteiger partial charge in [0, 0.05) is 12.0 Å². The topological polar surface area (TPSA) is 0 Å². The van der Waals surface area contributed by atoms with Crippen LogP contribution in [-0.2, 0) is 6.42 Å². The van der Waals surface area contributed by atoms with Crippen LogP contribution in [0.1, 0.15) is 115 Å². The molecule has 0 nitrogen and oxygen atoms in total. The fourth-order valence-corrected chi connectivity index (χ4v) is 4.29. The molecule has 0 bridgehead atoms. The first kappa shape index (κ1) is 27.3. The highest BCUT2D eigenvalue weighted by molar-refractivity contribution is 5.68. The van der Waals surface area contributed by atoms with Gasteiger partial charge in [-0.15, -0.1) is 0 Å². The van der Waals surface area contributed by atoms with Crippen LogP contribution in [0.15, 0.2) is 54.4 Å². The van der Waals surface area contributed by atoms with E-state index in [1.807, 2.05) is 12.1 Å². The van der Waals surface area contributed by atoms with Crippen molar-refractivity contribution in [2.75, 3.05) is 0 Å². The molecule has 0 amide bonds. The minimum Gasteiger partial charge on any atom is -0.209 e. The van der Waals surface area contributed by atoms with Crippen LogP contribution in [0.3, 0.4) is 0 Å². The van der Waals surface area contributed by atoms with Crippen LogP contribution >= 0.6 is 0 Å². The smallest absolute Gasteiger partial charge is 0.161 e. The van der Waals surface area contributed by atoms with E-state index in [-0.39, 0.29) is 6.42 Å². The molecule has 2 heteroatoms. The van der Waals surface area contributed by atoms with E-state index in [4.69, 9.17) is 0 Å². The second-order valence-electron chi connectivity index (χ2n) is 9.38. The molecule has 2 aromatic carbocycles. The molecule has 0 saturated heterocycles. The maximum Gasteiger partial charge on any atom is 0.161 e. The van der Waals surface area contributed by atoms with E-state index < -0.39 is 11.7 Å². The standard InChI is InChI=1S/C31H44F2/c1-3-5-7-9-10-11-13-14-16-26-18-20-27(21-19-26)28-22-24-29(25-23-28)31(33)30(32)17-15-12-8-6-4-2/h18-25H,3-17H2,1-2H3. The summed E-state index contributed by atoms with van der Waals surface area (Å²) in [7, 11) is 0. The fourth-order valence-electron chi connectivity index (χ4n) is 4.29. The molecule has 0 unspecified atom stereocenters. The molecule has 0 radical (unpaired) electrons. The lowest BCUT2D eigenvalue weighted by molar-refractivity contribution is 0.531. The minimum atomic E-state index is -0.710. The normalized spacial score (nSPS) is 12.1. The number of hydrogen-bond donors (Lipinski definition) is 0. The third kappa shape index (κ3) is 10.7. The summed E-state index contributed by atoms with van der Waals surface area (Å²) in [5.74, 6) is -1.33. The quantitative estimate of drug-likeness (QED) is 0.208. The summed E-state index contributed by atoms with van der Waals surface area (Å²) in [4.78, 5) is 0. The summed E-state index contributed by atoms with van der Waals surface area (Å²) in [6.45, 7) is 4.41. The second kappa shape index (κ2) is 16.6. The molecular formula is C31H44F2. The first-order chi connectivity index (χ1) is 16.2. The molecule has 0 atom stereocenters. The van der Waals surface area contributed by atoms with Crippen LogP contribution in [0.2, 0.25) is 0 Å². The van der Waals surface area contributed by atoms with E-state index in [0.717, 1.165) is 43.2 Å². The fraction of sp³-hybridized carbons (Fsp3) is 0.548. The van der Waals surface area contributed by atoms with Gasteiger partial charge in [-0.2, -0.15) is 0 Å². The van der Waals surface area contributed by atoms with Gasteiger partial charge in [0.2, 0.25) is 0 Å². The first-order valence-corrected chi connectivity index (χ1v) is 13.4. The molecule has 0 aliphatic rings. The number of hydrogen-bond acceptors (Lipinski definition) is 0. The number of rotatable bonds is 17. The number of allylic oxidation sites excluding steroid dienone is 1. The van der Waals surface area contributed by atoms with Crippen LogP contribution in [0.4, 0.5) is 8.78 Å². The van der Waals surface area contributed by atoms with Crippen molar-refractivity contribution in [3.05, 3.63) is 65.5 Å². The van der Waals surface area contributed by atoms with Crippen molar-refractivity contribution in [2.24, 2.45) is 0 Å². The summed E-state index contributed by atoms with van der Waals surface area (Å²) >= 11 is 0. The third-order valence-corrected chi connectivity index (χ3v) is 6.48. The van der Waals surface area contributed by atoms with Crippen molar-refractivity contribution in [2.45, 2.75) is 110 Å². The van der Waals surface area contributed by atoms with Crippen molar-refractivity contribution in [1.29, 1.82) is 0 Å². The lowest BCUT2D eigenvalue weighted by Crippen LogP contribution is -1.88. The Morgan fingerprint density at radius 3 is 1.55 bits per heavy atom. The van der Waals surface area contributed by atoms with Crippen LogP contribution in [0.25, 0.3) is 17.0 Å². The molecular weight excluding hydrogens is 410 g/mol. The highest BCUT2D eigenvalue weighted by Crippen LogP contribution is 2.28. The van der Waals surface area contributed by atoms with Crippen molar-refractivity contribution < 1.29 is 8.78 Å². The van der Waals surface area contributed by atoms with Crippen molar-refractivity contribution in [3.8, 4) is 11.1 Å². The average Bonchev–Trinajstić information content (AvgIpc) is 2.85. The SMILES string of the molecule is CCCCCCCCCCc1ccc(-c2ccc(C(F)=C(F)CCCCCCC)cc2)cc1. The van der Waals surface area contributed by atoms with Crippen molar-refractivity contribution in [1.82, 2.24) is 0 Å². The Labute approximate surface area is 201 Å². The van der Waals surface area contributed by atoms with Gasteiger partial charge < -0.3 is 0 Å². The molecule has 182 valence electrons. The van der Waals surface area contributed by atoms with Crippen LogP contribution in [-0.4, -0.2) is 0 Å². The van der Waals surface area contributed by atoms with Gasteiger partial charge >= 0.3 is 0 Å². The van der Waals surface area contributed by atoms with Gasteiger partial charge in [-0.1, -0.05) is 133 Å². The molecule has 0 N–H and O–H groups in total. The highest BCUT2D eigenvalue weighted by atomic mass is 19.2. The van der Waals surface area contributed by atoms with Gasteiger partial charge in [-0.05, 0) is 36.0 Å². The first-order valence-electron chi connectivity index (χ1n) is 13.4. The van der Waals surface area contributed by atoms with E-state index in [1.165, 1.54) is 56.9 Å². The van der Waals surface area contributed by atoms with Gasteiger partial charge in [0.05, 0.1) is 0 Å². The number of benzene rings is 2. The zero-order valence-corrected chi connectivity index (χ0v) is 21.0. The monoisotopic (exact) mass is 454 g/mol. The summed E-state index contributed by atoms with van der Waals surface area (Å²) < 4.78 is 28.6. The number of unbranched alkanes of at least 4 members (excludes halogenated alkanes) is 11. The Hall–Kier alpha value is -1.96. The molecule has 0 fully saturated rings. The summed E-state index contributed by atoms with van der Waals surface area (Å²) in [6, 6.07) is 15.8. The molecule has 2 aromatic rings. The van der Waals surface area contributed by atoms with E-state index in [1.54, 1.807) is 12.1 Å². The van der Waals surface area contributed by atoms with E-state index in [0.29, 0.717) is 12.0 Å². The van der Waals surface area contributed by atoms with Crippen molar-refractivity contribution >= 4 is 5.83 Å².